The molecule has 0 radical (unpaired) electrons. The zero-order valence-corrected chi connectivity index (χ0v) is 18.0. The summed E-state index contributed by atoms with van der Waals surface area (Å²) in [6.45, 7) is 1.25. The molecule has 1 aromatic carbocycles. The Kier molecular flexibility index (Phi) is 4.78. The van der Waals surface area contributed by atoms with E-state index in [0.29, 0.717) is 0 Å². The number of nitrogens with zero attached hydrogens (tertiary/aromatic N) is 1. The number of aliphatic hydroxyl groups excluding tert-OH is 3. The molecule has 0 saturated heterocycles. The van der Waals surface area contributed by atoms with Gasteiger partial charge in [-0.2, -0.15) is 0 Å². The molecule has 1 saturated carbocycles. The van der Waals surface area contributed by atoms with E-state index in [9.17, 15) is 45.0 Å². The third-order valence-corrected chi connectivity index (χ3v) is 7.03. The molecule has 176 valence electrons. The lowest BCUT2D eigenvalue weighted by Crippen LogP contribution is -2.71. The minimum atomic E-state index is -3.02. The molecule has 1 amide bonds. The number of rotatable bonds is 2. The summed E-state index contributed by atoms with van der Waals surface area (Å²) in [6, 6.07) is 2.50. The second kappa shape index (κ2) is 6.87. The van der Waals surface area contributed by atoms with Crippen molar-refractivity contribution in [2.24, 2.45) is 17.6 Å². The van der Waals surface area contributed by atoms with Gasteiger partial charge in [0.2, 0.25) is 5.78 Å². The van der Waals surface area contributed by atoms with Crippen LogP contribution in [-0.4, -0.2) is 84.9 Å². The lowest BCUT2D eigenvalue weighted by atomic mass is 9.53. The van der Waals surface area contributed by atoms with Crippen molar-refractivity contribution in [2.75, 3.05) is 14.1 Å². The van der Waals surface area contributed by atoms with E-state index in [-0.39, 0.29) is 11.1 Å². The van der Waals surface area contributed by atoms with Crippen molar-refractivity contribution in [3.8, 4) is 5.75 Å². The summed E-state index contributed by atoms with van der Waals surface area (Å²) in [4.78, 5) is 39.9. The highest BCUT2D eigenvalue weighted by Gasteiger charge is 2.70. The Bertz CT molecular complexity index is 1180. The molecular weight excluding hydrogens is 436 g/mol. The topological polar surface area (TPSA) is 202 Å². The third-order valence-electron chi connectivity index (χ3n) is 7.03. The first-order valence-electron chi connectivity index (χ1n) is 10.1. The first-order chi connectivity index (χ1) is 15.2. The van der Waals surface area contributed by atoms with Gasteiger partial charge in [-0.15, -0.1) is 0 Å². The zero-order chi connectivity index (χ0) is 24.8. The average Bonchev–Trinajstić information content (AvgIpc) is 2.70. The zero-order valence-electron chi connectivity index (χ0n) is 18.0. The molecule has 1 fully saturated rings. The summed E-state index contributed by atoms with van der Waals surface area (Å²) in [6.07, 6.45) is -1.87. The number of primary amides is 1. The number of hydrogen-bond donors (Lipinski definition) is 7. The van der Waals surface area contributed by atoms with E-state index in [1.54, 1.807) is 0 Å². The first-order valence-corrected chi connectivity index (χ1v) is 10.1. The van der Waals surface area contributed by atoms with Crippen LogP contribution in [0.25, 0.3) is 5.76 Å². The Balaban J connectivity index is 2.11. The number of likely N-dealkylation sites (N-methyl/N-ethyl adjacent to an activating group) is 1. The second-order valence-electron chi connectivity index (χ2n) is 9.06. The molecule has 0 aliphatic heterocycles. The van der Waals surface area contributed by atoms with Crippen LogP contribution < -0.4 is 5.73 Å². The van der Waals surface area contributed by atoms with Crippen LogP contribution in [0.2, 0.25) is 0 Å². The Morgan fingerprint density at radius 2 is 1.73 bits per heavy atom. The molecule has 1 aromatic rings. The standard InChI is InChI=1S/C22H24N2O9/c1-21(32)7-5-4-6-8(25)9(7)15(26)10-12(21)17(28)13-14(24(2)3)16(27)11(20(23)31)19(30)22(13,33)18(10)29/h4-6,12-14,17,25-26,28,30,32-33H,1-3H3,(H2,23,31)/t12-,13-,14+,17?,21-,22+/m1/s1. The first kappa shape index (κ1) is 22.9. The van der Waals surface area contributed by atoms with Gasteiger partial charge in [-0.25, -0.2) is 0 Å². The predicted molar refractivity (Wildman–Crippen MR) is 112 cm³/mol. The van der Waals surface area contributed by atoms with Crippen molar-refractivity contribution >= 4 is 23.2 Å². The van der Waals surface area contributed by atoms with Crippen molar-refractivity contribution in [1.82, 2.24) is 4.90 Å². The monoisotopic (exact) mass is 460 g/mol. The van der Waals surface area contributed by atoms with Gasteiger partial charge >= 0.3 is 0 Å². The fourth-order valence-corrected chi connectivity index (χ4v) is 5.60. The third kappa shape index (κ3) is 2.61. The number of carbonyl (C=O) groups is 3. The van der Waals surface area contributed by atoms with Crippen LogP contribution in [0.4, 0.5) is 0 Å². The number of nitrogens with two attached hydrogens (primary N) is 1. The van der Waals surface area contributed by atoms with Crippen LogP contribution in [-0.2, 0) is 20.0 Å². The molecule has 11 heteroatoms. The van der Waals surface area contributed by atoms with Crippen LogP contribution in [0.5, 0.6) is 5.75 Å². The van der Waals surface area contributed by atoms with Crippen LogP contribution in [0.15, 0.2) is 35.1 Å². The van der Waals surface area contributed by atoms with Gasteiger partial charge in [0.15, 0.2) is 11.4 Å². The van der Waals surface area contributed by atoms with Crippen LogP contribution in [0, 0.1) is 11.8 Å². The van der Waals surface area contributed by atoms with Gasteiger partial charge in [-0.1, -0.05) is 12.1 Å². The van der Waals surface area contributed by atoms with E-state index in [1.165, 1.54) is 44.1 Å². The van der Waals surface area contributed by atoms with Crippen molar-refractivity contribution < 1.29 is 45.0 Å². The molecular formula is C22H24N2O9. The molecule has 0 bridgehead atoms. The fraction of sp³-hybridized carbons (Fsp3) is 0.409. The molecule has 0 heterocycles. The number of aliphatic hydroxyl groups is 5. The molecule has 1 unspecified atom stereocenters. The fourth-order valence-electron chi connectivity index (χ4n) is 5.60. The largest absolute Gasteiger partial charge is 0.508 e. The van der Waals surface area contributed by atoms with Crippen molar-refractivity contribution in [3.05, 3.63) is 46.2 Å². The molecule has 6 atom stereocenters. The Morgan fingerprint density at radius 3 is 2.27 bits per heavy atom. The van der Waals surface area contributed by atoms with Crippen molar-refractivity contribution in [3.63, 3.8) is 0 Å². The molecule has 3 aliphatic carbocycles. The summed E-state index contributed by atoms with van der Waals surface area (Å²) in [5, 5.41) is 66.3. The van der Waals surface area contributed by atoms with Gasteiger partial charge in [0.05, 0.1) is 40.7 Å². The maximum absolute atomic E-state index is 13.7. The van der Waals surface area contributed by atoms with Crippen LogP contribution >= 0.6 is 0 Å². The van der Waals surface area contributed by atoms with Gasteiger partial charge in [-0.05, 0) is 32.6 Å². The molecule has 11 nitrogen and oxygen atoms in total. The van der Waals surface area contributed by atoms with E-state index in [1.807, 2.05) is 0 Å². The van der Waals surface area contributed by atoms with E-state index < -0.39 is 81.1 Å². The summed E-state index contributed by atoms with van der Waals surface area (Å²) < 4.78 is 0. The number of hydrogen-bond acceptors (Lipinski definition) is 10. The molecule has 8 N–H and O–H groups in total. The molecule has 3 aliphatic rings. The number of carbonyl (C=O) groups excluding carboxylic acids is 3. The van der Waals surface area contributed by atoms with Crippen molar-refractivity contribution in [2.45, 2.75) is 30.3 Å². The maximum atomic E-state index is 13.7. The Morgan fingerprint density at radius 1 is 1.12 bits per heavy atom. The number of phenols is 1. The Labute approximate surface area is 187 Å². The molecule has 0 spiro atoms. The van der Waals surface area contributed by atoms with E-state index in [2.05, 4.69) is 0 Å². The summed E-state index contributed by atoms with van der Waals surface area (Å²) >= 11 is 0. The van der Waals surface area contributed by atoms with Crippen LogP contribution in [0.3, 0.4) is 0 Å². The number of phenolic OH excluding ortho intramolecular Hbond substituents is 1. The number of benzene rings is 1. The highest BCUT2D eigenvalue weighted by atomic mass is 16.4. The number of amides is 1. The highest BCUT2D eigenvalue weighted by Crippen LogP contribution is 2.57. The minimum absolute atomic E-state index is 0.00664. The van der Waals surface area contributed by atoms with Crippen molar-refractivity contribution in [1.29, 1.82) is 0 Å². The second-order valence-corrected chi connectivity index (χ2v) is 9.06. The molecule has 4 rings (SSSR count). The summed E-state index contributed by atoms with van der Waals surface area (Å²) in [7, 11) is 2.80. The number of ketones is 2. The normalized spacial score (nSPS) is 36.0. The van der Waals surface area contributed by atoms with E-state index in [4.69, 9.17) is 5.73 Å². The molecule has 33 heavy (non-hydrogen) atoms. The van der Waals surface area contributed by atoms with Gasteiger partial charge in [-0.3, -0.25) is 19.3 Å². The highest BCUT2D eigenvalue weighted by molar-refractivity contribution is 6.24. The van der Waals surface area contributed by atoms with E-state index >= 15 is 0 Å². The van der Waals surface area contributed by atoms with Gasteiger partial charge in [0.25, 0.3) is 5.91 Å². The average molecular weight is 460 g/mol. The Hall–Kier alpha value is -3.25. The lowest BCUT2D eigenvalue weighted by molar-refractivity contribution is -0.181. The lowest BCUT2D eigenvalue weighted by Gasteiger charge is -2.55. The smallest absolute Gasteiger partial charge is 0.255 e. The predicted octanol–water partition coefficient (Wildman–Crippen LogP) is -1.40. The molecule has 0 aromatic heterocycles. The number of Topliss-reactive ketones (excluding diaryl/α,β-unsaturated/α-hetero) is 2. The maximum Gasteiger partial charge on any atom is 0.255 e. The number of aromatic hydroxyl groups is 1. The summed E-state index contributed by atoms with van der Waals surface area (Å²) in [5.74, 6) is -9.67. The SMILES string of the molecule is CN(C)[C@@H]1C(=O)C(C(N)=O)=C(O)[C@@]2(O)C(=O)C3=C(O)c4c(O)cccc4[C@@](C)(O)[C@H]3C(O)[C@@H]12. The quantitative estimate of drug-likeness (QED) is 0.257. The minimum Gasteiger partial charge on any atom is -0.508 e. The van der Waals surface area contributed by atoms with Gasteiger partial charge in [0.1, 0.15) is 22.8 Å². The van der Waals surface area contributed by atoms with Crippen LogP contribution in [0.1, 0.15) is 18.1 Å². The number of fused-ring (bicyclic) bond motifs is 3. The van der Waals surface area contributed by atoms with E-state index in [0.717, 1.165) is 0 Å². The van der Waals surface area contributed by atoms with Gasteiger partial charge in [0, 0.05) is 0 Å². The summed E-state index contributed by atoms with van der Waals surface area (Å²) in [5.41, 5.74) is -1.78. The van der Waals surface area contributed by atoms with Gasteiger partial charge < -0.3 is 36.4 Å².